The molecule has 0 N–H and O–H groups in total. The molecule has 1 aromatic heterocycles. The molecule has 0 aliphatic heterocycles. The highest BCUT2D eigenvalue weighted by Crippen LogP contribution is 2.20. The summed E-state index contributed by atoms with van der Waals surface area (Å²) in [5.41, 5.74) is 1.26. The van der Waals surface area contributed by atoms with Crippen molar-refractivity contribution in [2.75, 3.05) is 7.11 Å². The van der Waals surface area contributed by atoms with Gasteiger partial charge in [-0.2, -0.15) is 4.98 Å². The number of ether oxygens (including phenoxy) is 2. The van der Waals surface area contributed by atoms with E-state index in [4.69, 9.17) is 14.0 Å². The van der Waals surface area contributed by atoms with Crippen LogP contribution < -0.4 is 4.74 Å². The van der Waals surface area contributed by atoms with Gasteiger partial charge in [0.1, 0.15) is 5.75 Å². The maximum Gasteiger partial charge on any atom is 0.338 e. The third-order valence-corrected chi connectivity index (χ3v) is 3.94. The van der Waals surface area contributed by atoms with Crippen LogP contribution in [0.3, 0.4) is 0 Å². The molecule has 0 fully saturated rings. The van der Waals surface area contributed by atoms with Crippen molar-refractivity contribution in [2.45, 2.75) is 6.61 Å². The molecule has 0 radical (unpaired) electrons. The van der Waals surface area contributed by atoms with Gasteiger partial charge in [-0.3, -0.25) is 0 Å². The molecule has 0 amide bonds. The van der Waals surface area contributed by atoms with E-state index in [1.54, 1.807) is 19.2 Å². The van der Waals surface area contributed by atoms with Crippen LogP contribution in [-0.4, -0.2) is 23.2 Å². The first-order valence-corrected chi connectivity index (χ1v) is 8.13. The highest BCUT2D eigenvalue weighted by Gasteiger charge is 2.12. The minimum Gasteiger partial charge on any atom is -0.497 e. The molecule has 0 aliphatic rings. The molecule has 122 valence electrons. The van der Waals surface area contributed by atoms with Crippen molar-refractivity contribution >= 4 is 28.6 Å². The number of benzene rings is 2. The number of esters is 1. The van der Waals surface area contributed by atoms with Crippen LogP contribution in [0.25, 0.3) is 11.4 Å². The van der Waals surface area contributed by atoms with Gasteiger partial charge < -0.3 is 14.0 Å². The number of carbonyl (C=O) groups is 1. The summed E-state index contributed by atoms with van der Waals surface area (Å²) in [5.74, 6) is 0.974. The van der Waals surface area contributed by atoms with Gasteiger partial charge in [0.05, 0.1) is 12.7 Å². The molecule has 0 bridgehead atoms. The minimum atomic E-state index is -0.435. The van der Waals surface area contributed by atoms with E-state index in [2.05, 4.69) is 32.7 Å². The molecule has 0 unspecified atom stereocenters. The lowest BCUT2D eigenvalue weighted by molar-refractivity contribution is 0.0430. The molecule has 3 aromatic rings. The van der Waals surface area contributed by atoms with E-state index in [-0.39, 0.29) is 12.5 Å². The van der Waals surface area contributed by atoms with Crippen molar-refractivity contribution in [3.63, 3.8) is 0 Å². The van der Waals surface area contributed by atoms with Crippen LogP contribution in [0.1, 0.15) is 16.2 Å². The van der Waals surface area contributed by atoms with Gasteiger partial charge in [-0.1, -0.05) is 5.16 Å². The molecule has 0 atom stereocenters. The highest BCUT2D eigenvalue weighted by atomic mass is 127. The number of nitrogens with zero attached hydrogens (tertiary/aromatic N) is 2. The molecule has 3 rings (SSSR count). The smallest absolute Gasteiger partial charge is 0.338 e. The van der Waals surface area contributed by atoms with Crippen LogP contribution in [-0.2, 0) is 11.3 Å². The van der Waals surface area contributed by atoms with E-state index in [1.807, 2.05) is 36.4 Å². The van der Waals surface area contributed by atoms with E-state index < -0.39 is 5.97 Å². The van der Waals surface area contributed by atoms with Crippen LogP contribution in [0, 0.1) is 3.57 Å². The zero-order valence-electron chi connectivity index (χ0n) is 12.7. The zero-order chi connectivity index (χ0) is 16.9. The molecule has 6 nitrogen and oxygen atoms in total. The molecule has 24 heavy (non-hydrogen) atoms. The van der Waals surface area contributed by atoms with Gasteiger partial charge in [-0.05, 0) is 71.1 Å². The number of carbonyl (C=O) groups excluding carboxylic acids is 1. The van der Waals surface area contributed by atoms with Gasteiger partial charge in [-0.25, -0.2) is 4.79 Å². The number of methoxy groups -OCH3 is 1. The Balaban J connectivity index is 1.63. The number of aromatic nitrogens is 2. The van der Waals surface area contributed by atoms with Crippen molar-refractivity contribution in [1.82, 2.24) is 10.1 Å². The fourth-order valence-corrected chi connectivity index (χ4v) is 2.33. The van der Waals surface area contributed by atoms with E-state index >= 15 is 0 Å². The zero-order valence-corrected chi connectivity index (χ0v) is 14.9. The standard InChI is InChI=1S/C17H13IN2O4/c1-22-14-8-4-11(5-9-14)16-19-15(24-20-16)10-23-17(21)12-2-6-13(18)7-3-12/h2-9H,10H2,1H3. The maximum absolute atomic E-state index is 11.9. The Morgan fingerprint density at radius 1 is 1.12 bits per heavy atom. The van der Waals surface area contributed by atoms with Crippen LogP contribution in [0.2, 0.25) is 0 Å². The number of halogens is 1. The van der Waals surface area contributed by atoms with Gasteiger partial charge in [0.2, 0.25) is 5.82 Å². The van der Waals surface area contributed by atoms with Crippen molar-refractivity contribution in [1.29, 1.82) is 0 Å². The van der Waals surface area contributed by atoms with Gasteiger partial charge in [0.15, 0.2) is 6.61 Å². The summed E-state index contributed by atoms with van der Waals surface area (Å²) in [6, 6.07) is 14.4. The molecule has 7 heteroatoms. The topological polar surface area (TPSA) is 74.5 Å². The van der Waals surface area contributed by atoms with Crippen molar-refractivity contribution in [3.8, 4) is 17.1 Å². The first-order valence-electron chi connectivity index (χ1n) is 7.05. The number of hydrogen-bond donors (Lipinski definition) is 0. The summed E-state index contributed by atoms with van der Waals surface area (Å²) in [4.78, 5) is 16.2. The second-order valence-corrected chi connectivity index (χ2v) is 6.07. The summed E-state index contributed by atoms with van der Waals surface area (Å²) < 4.78 is 16.4. The molecular weight excluding hydrogens is 423 g/mol. The van der Waals surface area contributed by atoms with Crippen molar-refractivity contribution in [2.24, 2.45) is 0 Å². The van der Waals surface area contributed by atoms with E-state index in [0.717, 1.165) is 14.9 Å². The van der Waals surface area contributed by atoms with Crippen molar-refractivity contribution < 1.29 is 18.8 Å². The minimum absolute atomic E-state index is 0.0754. The fourth-order valence-electron chi connectivity index (χ4n) is 1.97. The first-order chi connectivity index (χ1) is 11.7. The lowest BCUT2D eigenvalue weighted by atomic mass is 10.2. The van der Waals surface area contributed by atoms with Crippen LogP contribution in [0.15, 0.2) is 53.1 Å². The summed E-state index contributed by atoms with van der Waals surface area (Å²) >= 11 is 2.17. The first kappa shape index (κ1) is 16.4. The van der Waals surface area contributed by atoms with Gasteiger partial charge >= 0.3 is 5.97 Å². The quantitative estimate of drug-likeness (QED) is 0.449. The van der Waals surface area contributed by atoms with Crippen LogP contribution in [0.4, 0.5) is 0 Å². The lowest BCUT2D eigenvalue weighted by Crippen LogP contribution is -2.05. The normalized spacial score (nSPS) is 10.4. The lowest BCUT2D eigenvalue weighted by Gasteiger charge is -2.01. The SMILES string of the molecule is COc1ccc(-c2noc(COC(=O)c3ccc(I)cc3)n2)cc1. The van der Waals surface area contributed by atoms with Crippen LogP contribution >= 0.6 is 22.6 Å². The van der Waals surface area contributed by atoms with Gasteiger partial charge in [0.25, 0.3) is 5.89 Å². The Morgan fingerprint density at radius 3 is 2.50 bits per heavy atom. The third kappa shape index (κ3) is 3.91. The summed E-state index contributed by atoms with van der Waals surface area (Å²) in [7, 11) is 1.60. The van der Waals surface area contributed by atoms with E-state index in [9.17, 15) is 4.79 Å². The highest BCUT2D eigenvalue weighted by molar-refractivity contribution is 14.1. The molecule has 0 spiro atoms. The number of rotatable bonds is 5. The van der Waals surface area contributed by atoms with Crippen molar-refractivity contribution in [3.05, 3.63) is 63.6 Å². The predicted molar refractivity (Wildman–Crippen MR) is 94.6 cm³/mol. The second-order valence-electron chi connectivity index (χ2n) is 4.82. The molecule has 0 saturated carbocycles. The Kier molecular flexibility index (Phi) is 5.09. The molecule has 0 saturated heterocycles. The Morgan fingerprint density at radius 2 is 1.83 bits per heavy atom. The molecule has 0 aliphatic carbocycles. The van der Waals surface area contributed by atoms with E-state index in [0.29, 0.717) is 11.4 Å². The monoisotopic (exact) mass is 436 g/mol. The second kappa shape index (κ2) is 7.43. The summed E-state index contributed by atoms with van der Waals surface area (Å²) in [5, 5.41) is 3.89. The largest absolute Gasteiger partial charge is 0.497 e. The average molecular weight is 436 g/mol. The third-order valence-electron chi connectivity index (χ3n) is 3.22. The van der Waals surface area contributed by atoms with Gasteiger partial charge in [-0.15, -0.1) is 0 Å². The Hall–Kier alpha value is -2.42. The summed E-state index contributed by atoms with van der Waals surface area (Å²) in [6.45, 7) is -0.0754. The fraction of sp³-hybridized carbons (Fsp3) is 0.118. The Bertz CT molecular complexity index is 829. The number of hydrogen-bond acceptors (Lipinski definition) is 6. The molecule has 1 heterocycles. The summed E-state index contributed by atoms with van der Waals surface area (Å²) in [6.07, 6.45) is 0. The average Bonchev–Trinajstić information content (AvgIpc) is 3.09. The van der Waals surface area contributed by atoms with Gasteiger partial charge in [0, 0.05) is 9.13 Å². The van der Waals surface area contributed by atoms with E-state index in [1.165, 1.54) is 0 Å². The predicted octanol–water partition coefficient (Wildman–Crippen LogP) is 3.71. The Labute approximate surface area is 151 Å². The van der Waals surface area contributed by atoms with Crippen LogP contribution in [0.5, 0.6) is 5.75 Å². The maximum atomic E-state index is 11.9. The molecular formula is C17H13IN2O4. The molecule has 2 aromatic carbocycles.